The second kappa shape index (κ2) is 17.2. The monoisotopic (exact) mass is 571 g/mol. The number of aliphatic imine (C=N–C) groups is 2. The first-order valence-corrected chi connectivity index (χ1v) is 16.3. The van der Waals surface area contributed by atoms with Gasteiger partial charge in [0.2, 0.25) is 0 Å². The average molecular weight is 572 g/mol. The number of hydrogen-bond donors (Lipinski definition) is 0. The van der Waals surface area contributed by atoms with Crippen LogP contribution in [0.2, 0.25) is 5.02 Å². The van der Waals surface area contributed by atoms with Crippen LogP contribution in [0, 0.1) is 0 Å². The summed E-state index contributed by atoms with van der Waals surface area (Å²) in [5, 5.41) is 0.657. The summed E-state index contributed by atoms with van der Waals surface area (Å²) in [6.45, 7) is 13.1. The fraction of sp³-hybridized carbons (Fsp3) is 0.486. The molecule has 4 heteroatoms. The summed E-state index contributed by atoms with van der Waals surface area (Å²) in [6.07, 6.45) is 13.5. The van der Waals surface area contributed by atoms with E-state index >= 15 is 0 Å². The Kier molecular flexibility index (Phi) is 13.8. The van der Waals surface area contributed by atoms with Crippen LogP contribution >= 0.6 is 11.6 Å². The van der Waals surface area contributed by atoms with Crippen LogP contribution in [-0.2, 0) is 25.7 Å². The van der Waals surface area contributed by atoms with Gasteiger partial charge in [0.25, 0.3) is 0 Å². The summed E-state index contributed by atoms with van der Waals surface area (Å²) in [5.41, 5.74) is 10.9. The van der Waals surface area contributed by atoms with E-state index in [0.29, 0.717) is 5.02 Å². The van der Waals surface area contributed by atoms with Crippen molar-refractivity contribution in [2.75, 3.05) is 0 Å². The fourth-order valence-corrected chi connectivity index (χ4v) is 5.38. The lowest BCUT2D eigenvalue weighted by molar-refractivity contribution is 0.781. The molecule has 41 heavy (non-hydrogen) atoms. The van der Waals surface area contributed by atoms with Gasteiger partial charge in [-0.1, -0.05) is 101 Å². The number of benzene rings is 2. The minimum absolute atomic E-state index is 0.657. The molecule has 3 nitrogen and oxygen atoms in total. The molecule has 0 bridgehead atoms. The van der Waals surface area contributed by atoms with E-state index in [0.717, 1.165) is 85.6 Å². The molecule has 0 unspecified atom stereocenters. The highest BCUT2D eigenvalue weighted by atomic mass is 35.5. The van der Waals surface area contributed by atoms with Gasteiger partial charge in [0.1, 0.15) is 0 Å². The van der Waals surface area contributed by atoms with E-state index in [4.69, 9.17) is 26.6 Å². The van der Waals surface area contributed by atoms with Gasteiger partial charge in [0.15, 0.2) is 0 Å². The molecular formula is C37H50ClN3. The maximum atomic E-state index is 6.69. The predicted molar refractivity (Wildman–Crippen MR) is 180 cm³/mol. The van der Waals surface area contributed by atoms with Crippen LogP contribution in [0.5, 0.6) is 0 Å². The number of nitrogens with zero attached hydrogens (tertiary/aromatic N) is 3. The van der Waals surface area contributed by atoms with Crippen LogP contribution in [0.4, 0.5) is 11.4 Å². The average Bonchev–Trinajstić information content (AvgIpc) is 2.98. The topological polar surface area (TPSA) is 37.6 Å². The Bertz CT molecular complexity index is 1170. The Morgan fingerprint density at radius 1 is 0.585 bits per heavy atom. The zero-order chi connectivity index (χ0) is 29.6. The van der Waals surface area contributed by atoms with Gasteiger partial charge in [0.05, 0.1) is 34.2 Å². The van der Waals surface area contributed by atoms with Crippen molar-refractivity contribution in [3.63, 3.8) is 0 Å². The molecule has 0 radical (unpaired) electrons. The zero-order valence-electron chi connectivity index (χ0n) is 26.3. The van der Waals surface area contributed by atoms with Crippen molar-refractivity contribution in [1.29, 1.82) is 0 Å². The van der Waals surface area contributed by atoms with E-state index in [1.807, 2.05) is 12.1 Å². The Hall–Kier alpha value is -2.78. The highest BCUT2D eigenvalue weighted by molar-refractivity contribution is 6.31. The first-order chi connectivity index (χ1) is 19.9. The molecule has 0 spiro atoms. The smallest absolute Gasteiger partial charge is 0.0864 e. The molecule has 0 amide bonds. The van der Waals surface area contributed by atoms with E-state index in [1.54, 1.807) is 0 Å². The molecule has 220 valence electrons. The summed E-state index contributed by atoms with van der Waals surface area (Å²) in [5.74, 6) is 0. The van der Waals surface area contributed by atoms with E-state index < -0.39 is 0 Å². The summed E-state index contributed by atoms with van der Waals surface area (Å²) >= 11 is 6.69. The quantitative estimate of drug-likeness (QED) is 0.157. The SMILES string of the molecule is CCCCc1cccc(CCCC)c1N=C(C)c1cc(Cl)cc(C(C)=Nc2c(CCCC)cccc2CCCC)n1. The van der Waals surface area contributed by atoms with E-state index in [9.17, 15) is 0 Å². The van der Waals surface area contributed by atoms with Crippen LogP contribution < -0.4 is 0 Å². The molecule has 0 aliphatic carbocycles. The van der Waals surface area contributed by atoms with Crippen molar-refractivity contribution in [3.05, 3.63) is 87.2 Å². The third-order valence-electron chi connectivity index (χ3n) is 7.70. The zero-order valence-corrected chi connectivity index (χ0v) is 27.1. The second-order valence-corrected chi connectivity index (χ2v) is 11.7. The number of aryl methyl sites for hydroxylation is 4. The number of pyridine rings is 1. The van der Waals surface area contributed by atoms with Crippen molar-refractivity contribution in [3.8, 4) is 0 Å². The Labute approximate surface area is 254 Å². The van der Waals surface area contributed by atoms with Gasteiger partial charge >= 0.3 is 0 Å². The van der Waals surface area contributed by atoms with Crippen LogP contribution in [0.15, 0.2) is 58.5 Å². The number of para-hydroxylation sites is 2. The fourth-order valence-electron chi connectivity index (χ4n) is 5.17. The van der Waals surface area contributed by atoms with Crippen LogP contribution in [0.3, 0.4) is 0 Å². The van der Waals surface area contributed by atoms with Crippen molar-refractivity contribution < 1.29 is 0 Å². The number of hydrogen-bond acceptors (Lipinski definition) is 3. The van der Waals surface area contributed by atoms with Crippen LogP contribution in [0.1, 0.15) is 127 Å². The number of aromatic nitrogens is 1. The molecule has 0 saturated carbocycles. The standard InChI is InChI=1S/C37H50ClN3/c1-7-11-17-29-21-15-22-30(18-12-8-2)36(29)39-27(5)34-25-33(38)26-35(41-34)28(6)40-37-31(19-13-9-3)23-16-24-32(37)20-14-10-4/h15-16,21-26H,7-14,17-20H2,1-6H3. The molecular weight excluding hydrogens is 522 g/mol. The van der Waals surface area contributed by atoms with Crippen molar-refractivity contribution >= 4 is 34.4 Å². The molecule has 0 fully saturated rings. The van der Waals surface area contributed by atoms with Gasteiger partial charge in [0, 0.05) is 5.02 Å². The lowest BCUT2D eigenvalue weighted by Crippen LogP contribution is -2.06. The first kappa shape index (κ1) is 32.7. The molecule has 1 heterocycles. The second-order valence-electron chi connectivity index (χ2n) is 11.2. The summed E-state index contributed by atoms with van der Waals surface area (Å²) < 4.78 is 0. The molecule has 1 aromatic heterocycles. The predicted octanol–water partition coefficient (Wildman–Crippen LogP) is 11.4. The van der Waals surface area contributed by atoms with Gasteiger partial charge < -0.3 is 0 Å². The summed E-state index contributed by atoms with van der Waals surface area (Å²) in [6, 6.07) is 17.2. The van der Waals surface area contributed by atoms with E-state index in [1.165, 1.54) is 47.9 Å². The van der Waals surface area contributed by atoms with E-state index in [-0.39, 0.29) is 0 Å². The van der Waals surface area contributed by atoms with Gasteiger partial charge in [-0.15, -0.1) is 0 Å². The molecule has 0 saturated heterocycles. The highest BCUT2D eigenvalue weighted by Crippen LogP contribution is 2.31. The number of rotatable bonds is 16. The maximum Gasteiger partial charge on any atom is 0.0864 e. The maximum absolute atomic E-state index is 6.69. The molecule has 3 aromatic rings. The highest BCUT2D eigenvalue weighted by Gasteiger charge is 2.13. The largest absolute Gasteiger partial charge is 0.251 e. The van der Waals surface area contributed by atoms with Gasteiger partial charge in [-0.25, -0.2) is 4.98 Å². The molecule has 0 N–H and O–H groups in total. The summed E-state index contributed by atoms with van der Waals surface area (Å²) in [4.78, 5) is 15.5. The van der Waals surface area contributed by atoms with Crippen LogP contribution in [0.25, 0.3) is 0 Å². The first-order valence-electron chi connectivity index (χ1n) is 15.9. The Morgan fingerprint density at radius 3 is 1.20 bits per heavy atom. The molecule has 0 aliphatic rings. The minimum atomic E-state index is 0.657. The Balaban J connectivity index is 2.05. The molecule has 0 atom stereocenters. The number of unbranched alkanes of at least 4 members (excludes halogenated alkanes) is 4. The molecule has 0 aliphatic heterocycles. The minimum Gasteiger partial charge on any atom is -0.251 e. The third kappa shape index (κ3) is 9.64. The lowest BCUT2D eigenvalue weighted by atomic mass is 9.98. The van der Waals surface area contributed by atoms with Crippen molar-refractivity contribution in [2.45, 2.75) is 119 Å². The summed E-state index contributed by atoms with van der Waals surface area (Å²) in [7, 11) is 0. The van der Waals surface area contributed by atoms with Crippen molar-refractivity contribution in [2.24, 2.45) is 9.98 Å². The van der Waals surface area contributed by atoms with Crippen molar-refractivity contribution in [1.82, 2.24) is 4.98 Å². The third-order valence-corrected chi connectivity index (χ3v) is 7.91. The number of halogens is 1. The van der Waals surface area contributed by atoms with Gasteiger partial charge in [-0.2, -0.15) is 0 Å². The van der Waals surface area contributed by atoms with Gasteiger partial charge in [-0.3, -0.25) is 9.98 Å². The lowest BCUT2D eigenvalue weighted by Gasteiger charge is -2.14. The van der Waals surface area contributed by atoms with E-state index in [2.05, 4.69) is 77.9 Å². The molecule has 2 aromatic carbocycles. The Morgan fingerprint density at radius 2 is 0.902 bits per heavy atom. The van der Waals surface area contributed by atoms with Gasteiger partial charge in [-0.05, 0) is 99.6 Å². The normalized spacial score (nSPS) is 12.3. The van der Waals surface area contributed by atoms with Crippen LogP contribution in [-0.4, -0.2) is 16.4 Å². The molecule has 3 rings (SSSR count).